The molecule has 1 unspecified atom stereocenters. The van der Waals surface area contributed by atoms with E-state index in [1.54, 1.807) is 0 Å². The van der Waals surface area contributed by atoms with Crippen LogP contribution in [0.5, 0.6) is 0 Å². The van der Waals surface area contributed by atoms with E-state index in [1.165, 1.54) is 30.1 Å². The topological polar surface area (TPSA) is 42.7 Å². The van der Waals surface area contributed by atoms with Crippen LogP contribution in [-0.4, -0.2) is 27.9 Å². The molecular formula is C16H20N4. The van der Waals surface area contributed by atoms with E-state index in [2.05, 4.69) is 50.4 Å². The van der Waals surface area contributed by atoms with Gasteiger partial charge in [-0.2, -0.15) is 0 Å². The number of benzene rings is 1. The van der Waals surface area contributed by atoms with Crippen LogP contribution in [0.1, 0.15) is 41.9 Å². The number of piperidine rings is 1. The van der Waals surface area contributed by atoms with Crippen molar-refractivity contribution < 1.29 is 0 Å². The maximum Gasteiger partial charge on any atom is 0.136 e. The zero-order valence-electron chi connectivity index (χ0n) is 11.6. The van der Waals surface area contributed by atoms with E-state index in [0.29, 0.717) is 11.8 Å². The van der Waals surface area contributed by atoms with Gasteiger partial charge in [0, 0.05) is 24.8 Å². The predicted octanol–water partition coefficient (Wildman–Crippen LogP) is 2.08. The molecule has 1 aromatic carbocycles. The average Bonchev–Trinajstić information content (AvgIpc) is 3.09. The number of hydrogen-bond donors (Lipinski definition) is 1. The van der Waals surface area contributed by atoms with Crippen LogP contribution in [0.25, 0.3) is 0 Å². The second-order valence-electron chi connectivity index (χ2n) is 5.92. The quantitative estimate of drug-likeness (QED) is 0.907. The first kappa shape index (κ1) is 12.1. The summed E-state index contributed by atoms with van der Waals surface area (Å²) in [6.07, 6.45) is 3.41. The van der Waals surface area contributed by atoms with Gasteiger partial charge in [0.25, 0.3) is 0 Å². The molecule has 0 spiro atoms. The summed E-state index contributed by atoms with van der Waals surface area (Å²) in [4.78, 5) is 0. The van der Waals surface area contributed by atoms with E-state index < -0.39 is 0 Å². The number of hydrogen-bond acceptors (Lipinski definition) is 3. The second kappa shape index (κ2) is 5.02. The van der Waals surface area contributed by atoms with Crippen molar-refractivity contribution in [2.75, 3.05) is 13.1 Å². The van der Waals surface area contributed by atoms with Gasteiger partial charge in [-0.15, -0.1) is 10.2 Å². The Labute approximate surface area is 119 Å². The Balaban J connectivity index is 1.58. The van der Waals surface area contributed by atoms with Gasteiger partial charge in [-0.3, -0.25) is 0 Å². The van der Waals surface area contributed by atoms with Crippen LogP contribution in [0.2, 0.25) is 0 Å². The second-order valence-corrected chi connectivity index (χ2v) is 5.92. The Kier molecular flexibility index (Phi) is 3.03. The predicted molar refractivity (Wildman–Crippen MR) is 77.8 cm³/mol. The first-order chi connectivity index (χ1) is 9.92. The molecule has 1 N–H and O–H groups in total. The minimum absolute atomic E-state index is 0.571. The van der Waals surface area contributed by atoms with Crippen molar-refractivity contribution in [3.63, 3.8) is 0 Å². The van der Waals surface area contributed by atoms with Crippen molar-refractivity contribution >= 4 is 0 Å². The monoisotopic (exact) mass is 268 g/mol. The molecule has 0 radical (unpaired) electrons. The molecule has 0 saturated carbocycles. The number of nitrogens with one attached hydrogen (secondary N) is 1. The molecule has 0 aliphatic carbocycles. The van der Waals surface area contributed by atoms with Gasteiger partial charge >= 0.3 is 0 Å². The molecule has 0 amide bonds. The molecule has 1 fully saturated rings. The highest BCUT2D eigenvalue weighted by atomic mass is 15.3. The third kappa shape index (κ3) is 2.04. The van der Waals surface area contributed by atoms with Crippen LogP contribution in [0.3, 0.4) is 0 Å². The van der Waals surface area contributed by atoms with Crippen molar-refractivity contribution in [3.8, 4) is 0 Å². The molecular weight excluding hydrogens is 248 g/mol. The molecule has 4 nitrogen and oxygen atoms in total. The Morgan fingerprint density at radius 2 is 1.80 bits per heavy atom. The van der Waals surface area contributed by atoms with Gasteiger partial charge in [0.15, 0.2) is 0 Å². The maximum absolute atomic E-state index is 4.47. The summed E-state index contributed by atoms with van der Waals surface area (Å²) in [7, 11) is 0. The summed E-state index contributed by atoms with van der Waals surface area (Å²) in [6.45, 7) is 3.26. The van der Waals surface area contributed by atoms with Crippen LogP contribution >= 0.6 is 0 Å². The van der Waals surface area contributed by atoms with Crippen molar-refractivity contribution in [2.45, 2.75) is 37.6 Å². The van der Waals surface area contributed by atoms with Crippen molar-refractivity contribution in [1.29, 1.82) is 0 Å². The van der Waals surface area contributed by atoms with Gasteiger partial charge in [0.1, 0.15) is 11.6 Å². The first-order valence-corrected chi connectivity index (χ1v) is 7.59. The fourth-order valence-electron chi connectivity index (χ4n) is 3.54. The number of rotatable bonds is 2. The van der Waals surface area contributed by atoms with Gasteiger partial charge in [0.2, 0.25) is 0 Å². The minimum atomic E-state index is 0.571. The van der Waals surface area contributed by atoms with Gasteiger partial charge < -0.3 is 9.88 Å². The zero-order valence-corrected chi connectivity index (χ0v) is 11.6. The molecule has 1 atom stereocenters. The van der Waals surface area contributed by atoms with Crippen LogP contribution in [-0.2, 0) is 13.0 Å². The van der Waals surface area contributed by atoms with Crippen LogP contribution in [0, 0.1) is 0 Å². The third-order valence-electron chi connectivity index (χ3n) is 4.66. The number of aromatic nitrogens is 3. The third-order valence-corrected chi connectivity index (χ3v) is 4.66. The normalized spacial score (nSPS) is 22.9. The molecule has 2 aliphatic rings. The Bertz CT molecular complexity index is 584. The maximum atomic E-state index is 4.47. The number of nitrogens with zero attached hydrogens (tertiary/aromatic N) is 3. The summed E-state index contributed by atoms with van der Waals surface area (Å²) in [5, 5.41) is 12.3. The average molecular weight is 268 g/mol. The SMILES string of the molecule is c1ccc(C2Cc3nnc(C4CCNCC4)n3C2)cc1. The van der Waals surface area contributed by atoms with Gasteiger partial charge in [-0.1, -0.05) is 30.3 Å². The van der Waals surface area contributed by atoms with E-state index in [9.17, 15) is 0 Å². The summed E-state index contributed by atoms with van der Waals surface area (Å²) in [5.41, 5.74) is 1.43. The summed E-state index contributed by atoms with van der Waals surface area (Å²) in [5.74, 6) is 3.56. The first-order valence-electron chi connectivity index (χ1n) is 7.59. The lowest BCUT2D eigenvalue weighted by Gasteiger charge is -2.22. The van der Waals surface area contributed by atoms with Gasteiger partial charge in [-0.05, 0) is 31.5 Å². The summed E-state index contributed by atoms with van der Waals surface area (Å²) >= 11 is 0. The molecule has 104 valence electrons. The van der Waals surface area contributed by atoms with Crippen molar-refractivity contribution in [3.05, 3.63) is 47.5 Å². The summed E-state index contributed by atoms with van der Waals surface area (Å²) < 4.78 is 2.38. The van der Waals surface area contributed by atoms with E-state index in [4.69, 9.17) is 0 Å². The fourth-order valence-corrected chi connectivity index (χ4v) is 3.54. The Morgan fingerprint density at radius 1 is 1.00 bits per heavy atom. The summed E-state index contributed by atoms with van der Waals surface area (Å²) in [6, 6.07) is 10.8. The molecule has 0 bridgehead atoms. The highest BCUT2D eigenvalue weighted by molar-refractivity contribution is 5.24. The lowest BCUT2D eigenvalue weighted by atomic mass is 9.96. The van der Waals surface area contributed by atoms with Crippen LogP contribution in [0.15, 0.2) is 30.3 Å². The molecule has 1 aromatic heterocycles. The molecule has 1 saturated heterocycles. The lowest BCUT2D eigenvalue weighted by Crippen LogP contribution is -2.28. The minimum Gasteiger partial charge on any atom is -0.317 e. The van der Waals surface area contributed by atoms with E-state index in [-0.39, 0.29) is 0 Å². The standard InChI is InChI=1S/C16H20N4/c1-2-4-12(5-3-1)14-10-15-18-19-16(20(15)11-14)13-6-8-17-9-7-13/h1-5,13-14,17H,6-11H2. The lowest BCUT2D eigenvalue weighted by molar-refractivity contribution is 0.429. The molecule has 20 heavy (non-hydrogen) atoms. The number of fused-ring (bicyclic) bond motifs is 1. The molecule has 4 heteroatoms. The fraction of sp³-hybridized carbons (Fsp3) is 0.500. The van der Waals surface area contributed by atoms with E-state index >= 15 is 0 Å². The van der Waals surface area contributed by atoms with Crippen LogP contribution in [0.4, 0.5) is 0 Å². The molecule has 3 heterocycles. The highest BCUT2D eigenvalue weighted by Crippen LogP contribution is 2.33. The highest BCUT2D eigenvalue weighted by Gasteiger charge is 2.30. The van der Waals surface area contributed by atoms with E-state index in [0.717, 1.165) is 26.1 Å². The molecule has 2 aromatic rings. The molecule has 2 aliphatic heterocycles. The van der Waals surface area contributed by atoms with Gasteiger partial charge in [-0.25, -0.2) is 0 Å². The Morgan fingerprint density at radius 3 is 2.60 bits per heavy atom. The Hall–Kier alpha value is -1.68. The molecule has 4 rings (SSSR count). The zero-order chi connectivity index (χ0) is 13.4. The van der Waals surface area contributed by atoms with Crippen molar-refractivity contribution in [1.82, 2.24) is 20.1 Å². The smallest absolute Gasteiger partial charge is 0.136 e. The van der Waals surface area contributed by atoms with Crippen molar-refractivity contribution in [2.24, 2.45) is 0 Å². The van der Waals surface area contributed by atoms with Crippen LogP contribution < -0.4 is 5.32 Å². The van der Waals surface area contributed by atoms with E-state index in [1.807, 2.05) is 0 Å². The largest absolute Gasteiger partial charge is 0.317 e. The van der Waals surface area contributed by atoms with Gasteiger partial charge in [0.05, 0.1) is 0 Å².